The minimum Gasteiger partial charge on any atom is -0.442 e. The molecule has 0 amide bonds. The number of anilines is 1. The number of fused-ring (bicyclic) bond motifs is 1. The van der Waals surface area contributed by atoms with Crippen molar-refractivity contribution >= 4 is 38.7 Å². The van der Waals surface area contributed by atoms with Crippen LogP contribution in [0.5, 0.6) is 0 Å². The molecule has 8 heteroatoms. The minimum atomic E-state index is -0.604. The van der Waals surface area contributed by atoms with E-state index in [4.69, 9.17) is 10.5 Å². The number of nitrogens with zero attached hydrogens (tertiary/aromatic N) is 4. The standard InChI is InChI=1S/C17H20BrN5O2/c1-5-22-8-11(10-6-14(18)20-7-13(10)22)12-9-23(21-15(12)19)16(24)25-17(2,3)4/h6-9H,5H2,1-4H3,(H2,19,21). The van der Waals surface area contributed by atoms with Gasteiger partial charge in [-0.2, -0.15) is 4.68 Å². The Balaban J connectivity index is 2.10. The highest BCUT2D eigenvalue weighted by Gasteiger charge is 2.22. The molecule has 0 saturated heterocycles. The fraction of sp³-hybridized carbons (Fsp3) is 0.353. The van der Waals surface area contributed by atoms with Gasteiger partial charge in [0.1, 0.15) is 10.2 Å². The van der Waals surface area contributed by atoms with Crippen LogP contribution in [-0.4, -0.2) is 31.0 Å². The van der Waals surface area contributed by atoms with Crippen LogP contribution in [0.25, 0.3) is 22.0 Å². The molecule has 0 atom stereocenters. The summed E-state index contributed by atoms with van der Waals surface area (Å²) in [5, 5.41) is 5.10. The maximum absolute atomic E-state index is 12.2. The number of carbonyl (C=O) groups is 1. The molecule has 0 aliphatic rings. The second-order valence-corrected chi connectivity index (χ2v) is 7.52. The van der Waals surface area contributed by atoms with Crippen molar-refractivity contribution in [3.05, 3.63) is 29.3 Å². The lowest BCUT2D eigenvalue weighted by Gasteiger charge is -2.18. The largest absolute Gasteiger partial charge is 0.442 e. The van der Waals surface area contributed by atoms with Crippen molar-refractivity contribution in [2.75, 3.05) is 5.73 Å². The Morgan fingerprint density at radius 3 is 2.68 bits per heavy atom. The first-order chi connectivity index (χ1) is 11.7. The normalized spacial score (nSPS) is 11.9. The van der Waals surface area contributed by atoms with Crippen molar-refractivity contribution in [2.24, 2.45) is 0 Å². The van der Waals surface area contributed by atoms with Gasteiger partial charge in [-0.15, -0.1) is 5.10 Å². The number of hydrogen-bond acceptors (Lipinski definition) is 5. The molecule has 0 aliphatic heterocycles. The van der Waals surface area contributed by atoms with Crippen LogP contribution in [0.3, 0.4) is 0 Å². The molecule has 0 saturated carbocycles. The Hall–Kier alpha value is -2.35. The van der Waals surface area contributed by atoms with Crippen molar-refractivity contribution in [3.63, 3.8) is 0 Å². The van der Waals surface area contributed by atoms with Crippen molar-refractivity contribution in [3.8, 4) is 11.1 Å². The highest BCUT2D eigenvalue weighted by molar-refractivity contribution is 9.10. The number of nitrogen functional groups attached to an aromatic ring is 1. The lowest BCUT2D eigenvalue weighted by atomic mass is 10.1. The van der Waals surface area contributed by atoms with E-state index in [0.717, 1.165) is 32.3 Å². The molecule has 0 aliphatic carbocycles. The number of pyridine rings is 1. The summed E-state index contributed by atoms with van der Waals surface area (Å²) < 4.78 is 9.29. The predicted octanol–water partition coefficient (Wildman–Crippen LogP) is 4.05. The number of carbonyl (C=O) groups excluding carboxylic acids is 1. The minimum absolute atomic E-state index is 0.272. The molecule has 0 unspecified atom stereocenters. The van der Waals surface area contributed by atoms with E-state index in [0.29, 0.717) is 5.56 Å². The lowest BCUT2D eigenvalue weighted by molar-refractivity contribution is 0.0515. The average molecular weight is 406 g/mol. The molecule has 7 nitrogen and oxygen atoms in total. The Labute approximate surface area is 153 Å². The first kappa shape index (κ1) is 17.5. The molecule has 3 rings (SSSR count). The van der Waals surface area contributed by atoms with Gasteiger partial charge in [-0.05, 0) is 49.7 Å². The lowest BCUT2D eigenvalue weighted by Crippen LogP contribution is -2.27. The molecule has 3 aromatic heterocycles. The van der Waals surface area contributed by atoms with Gasteiger partial charge in [0.15, 0.2) is 5.82 Å². The van der Waals surface area contributed by atoms with E-state index in [1.54, 1.807) is 33.2 Å². The maximum atomic E-state index is 12.2. The third kappa shape index (κ3) is 3.39. The zero-order valence-corrected chi connectivity index (χ0v) is 16.2. The Morgan fingerprint density at radius 2 is 2.04 bits per heavy atom. The Bertz CT molecular complexity index is 952. The quantitative estimate of drug-likeness (QED) is 0.649. The highest BCUT2D eigenvalue weighted by Crippen LogP contribution is 2.34. The fourth-order valence-corrected chi connectivity index (χ4v) is 2.97. The topological polar surface area (TPSA) is 88.0 Å². The van der Waals surface area contributed by atoms with Gasteiger partial charge < -0.3 is 15.0 Å². The third-order valence-corrected chi connectivity index (χ3v) is 4.12. The van der Waals surface area contributed by atoms with E-state index >= 15 is 0 Å². The number of hydrogen-bond donors (Lipinski definition) is 1. The molecule has 3 aromatic rings. The molecule has 3 heterocycles. The van der Waals surface area contributed by atoms with Crippen molar-refractivity contribution < 1.29 is 9.53 Å². The summed E-state index contributed by atoms with van der Waals surface area (Å²) in [7, 11) is 0. The second kappa shape index (κ2) is 6.18. The molecule has 2 N–H and O–H groups in total. The summed E-state index contributed by atoms with van der Waals surface area (Å²) >= 11 is 3.40. The monoisotopic (exact) mass is 405 g/mol. The van der Waals surface area contributed by atoms with Gasteiger partial charge in [0.05, 0.1) is 11.7 Å². The van der Waals surface area contributed by atoms with Crippen molar-refractivity contribution in [1.82, 2.24) is 19.3 Å². The zero-order valence-electron chi connectivity index (χ0n) is 14.6. The Morgan fingerprint density at radius 1 is 1.32 bits per heavy atom. The first-order valence-corrected chi connectivity index (χ1v) is 8.72. The number of ether oxygens (including phenoxy) is 1. The van der Waals surface area contributed by atoms with E-state index < -0.39 is 11.7 Å². The number of nitrogens with two attached hydrogens (primary N) is 1. The molecule has 132 valence electrons. The van der Waals surface area contributed by atoms with Crippen LogP contribution in [-0.2, 0) is 11.3 Å². The van der Waals surface area contributed by atoms with Crippen LogP contribution >= 0.6 is 15.9 Å². The SMILES string of the molecule is CCn1cc(-c2cn(C(=O)OC(C)(C)C)nc2N)c2cc(Br)ncc21. The van der Waals surface area contributed by atoms with E-state index in [2.05, 4.69) is 37.5 Å². The van der Waals surface area contributed by atoms with Gasteiger partial charge >= 0.3 is 6.09 Å². The average Bonchev–Trinajstić information content (AvgIpc) is 3.05. The predicted molar refractivity (Wildman–Crippen MR) is 100 cm³/mol. The van der Waals surface area contributed by atoms with Gasteiger partial charge in [-0.1, -0.05) is 0 Å². The summed E-state index contributed by atoms with van der Waals surface area (Å²) in [6.07, 6.45) is 4.84. The highest BCUT2D eigenvalue weighted by atomic mass is 79.9. The Kier molecular flexibility index (Phi) is 4.32. The molecule has 0 fully saturated rings. The number of aromatic nitrogens is 4. The number of aryl methyl sites for hydroxylation is 1. The molecular weight excluding hydrogens is 386 g/mol. The van der Waals surface area contributed by atoms with Gasteiger partial charge in [-0.3, -0.25) is 0 Å². The summed E-state index contributed by atoms with van der Waals surface area (Å²) in [5.74, 6) is 0.272. The second-order valence-electron chi connectivity index (χ2n) is 6.71. The van der Waals surface area contributed by atoms with Crippen LogP contribution < -0.4 is 5.73 Å². The zero-order chi connectivity index (χ0) is 18.4. The van der Waals surface area contributed by atoms with E-state index in [1.807, 2.05) is 12.3 Å². The summed E-state index contributed by atoms with van der Waals surface area (Å²) in [6.45, 7) is 8.26. The van der Waals surface area contributed by atoms with Crippen molar-refractivity contribution in [2.45, 2.75) is 39.8 Å². The van der Waals surface area contributed by atoms with Gasteiger partial charge in [0.25, 0.3) is 0 Å². The molecule has 25 heavy (non-hydrogen) atoms. The van der Waals surface area contributed by atoms with E-state index in [-0.39, 0.29) is 5.82 Å². The smallest absolute Gasteiger partial charge is 0.435 e. The number of halogens is 1. The molecular formula is C17H20BrN5O2. The summed E-state index contributed by atoms with van der Waals surface area (Å²) in [5.41, 5.74) is 8.04. The van der Waals surface area contributed by atoms with E-state index in [9.17, 15) is 4.79 Å². The van der Waals surface area contributed by atoms with Crippen molar-refractivity contribution in [1.29, 1.82) is 0 Å². The van der Waals surface area contributed by atoms with Gasteiger partial charge in [-0.25, -0.2) is 9.78 Å². The van der Waals surface area contributed by atoms with Gasteiger partial charge in [0, 0.05) is 35.5 Å². The third-order valence-electron chi connectivity index (χ3n) is 3.69. The maximum Gasteiger partial charge on any atom is 0.435 e. The van der Waals surface area contributed by atoms with Crippen LogP contribution in [0.4, 0.5) is 10.6 Å². The number of rotatable bonds is 2. The fourth-order valence-electron chi connectivity index (χ4n) is 2.64. The summed E-state index contributed by atoms with van der Waals surface area (Å²) in [6, 6.07) is 1.93. The van der Waals surface area contributed by atoms with Crippen LogP contribution in [0, 0.1) is 0 Å². The summed E-state index contributed by atoms with van der Waals surface area (Å²) in [4.78, 5) is 16.5. The first-order valence-electron chi connectivity index (χ1n) is 7.93. The van der Waals surface area contributed by atoms with Crippen LogP contribution in [0.2, 0.25) is 0 Å². The molecule has 0 aromatic carbocycles. The van der Waals surface area contributed by atoms with Gasteiger partial charge in [0.2, 0.25) is 0 Å². The molecule has 0 spiro atoms. The van der Waals surface area contributed by atoms with E-state index in [1.165, 1.54) is 0 Å². The van der Waals surface area contributed by atoms with Crippen LogP contribution in [0.15, 0.2) is 29.3 Å². The molecule has 0 bridgehead atoms. The van der Waals surface area contributed by atoms with Crippen LogP contribution in [0.1, 0.15) is 27.7 Å². The molecule has 0 radical (unpaired) electrons.